The average molecular weight is 359 g/mol. The van der Waals surface area contributed by atoms with Crippen molar-refractivity contribution in [2.24, 2.45) is 0 Å². The molecule has 3 rings (SSSR count). The molecule has 1 aliphatic heterocycles. The number of benzene rings is 1. The van der Waals surface area contributed by atoms with Crippen molar-refractivity contribution in [3.8, 4) is 11.5 Å². The molecule has 1 N–H and O–H groups in total. The molecule has 0 spiro atoms. The maximum Gasteiger partial charge on any atom is 0.351 e. The standard InChI is InChI=1S/C20H25NO5/c1-14(19(22)21-12-11-15-7-3-2-4-8-15)25-20(23)18-13-24-16-9-5-6-10-17(16)26-18/h5-7,9-10,14,18H,2-4,8,11-13H2,1H3,(H,21,22)/t14-,18+/m1/s1. The maximum atomic E-state index is 12.2. The minimum Gasteiger partial charge on any atom is -0.485 e. The van der Waals surface area contributed by atoms with E-state index in [1.54, 1.807) is 25.1 Å². The highest BCUT2D eigenvalue weighted by molar-refractivity contribution is 5.84. The van der Waals surface area contributed by atoms with Crippen molar-refractivity contribution >= 4 is 11.9 Å². The molecular formula is C20H25NO5. The van der Waals surface area contributed by atoms with E-state index in [4.69, 9.17) is 14.2 Å². The van der Waals surface area contributed by atoms with Crippen LogP contribution in [0, 0.1) is 0 Å². The number of carbonyl (C=O) groups is 2. The molecule has 140 valence electrons. The van der Waals surface area contributed by atoms with Crippen molar-refractivity contribution < 1.29 is 23.8 Å². The lowest BCUT2D eigenvalue weighted by Crippen LogP contribution is -2.43. The molecule has 0 saturated heterocycles. The molecule has 6 nitrogen and oxygen atoms in total. The number of ether oxygens (including phenoxy) is 3. The number of hydrogen-bond acceptors (Lipinski definition) is 5. The molecule has 1 heterocycles. The van der Waals surface area contributed by atoms with Gasteiger partial charge in [-0.1, -0.05) is 23.8 Å². The highest BCUT2D eigenvalue weighted by atomic mass is 16.6. The van der Waals surface area contributed by atoms with Crippen LogP contribution in [0.5, 0.6) is 11.5 Å². The highest BCUT2D eigenvalue weighted by Crippen LogP contribution is 2.31. The second-order valence-corrected chi connectivity index (χ2v) is 6.59. The summed E-state index contributed by atoms with van der Waals surface area (Å²) in [7, 11) is 0. The Hall–Kier alpha value is -2.50. The van der Waals surface area contributed by atoms with Crippen LogP contribution >= 0.6 is 0 Å². The van der Waals surface area contributed by atoms with Gasteiger partial charge in [0.15, 0.2) is 17.6 Å². The van der Waals surface area contributed by atoms with Crippen LogP contribution in [-0.2, 0) is 14.3 Å². The van der Waals surface area contributed by atoms with Crippen LogP contribution in [0.2, 0.25) is 0 Å². The summed E-state index contributed by atoms with van der Waals surface area (Å²) < 4.78 is 16.3. The van der Waals surface area contributed by atoms with E-state index in [0.29, 0.717) is 18.0 Å². The van der Waals surface area contributed by atoms with Crippen molar-refractivity contribution in [3.05, 3.63) is 35.9 Å². The zero-order valence-corrected chi connectivity index (χ0v) is 15.0. The summed E-state index contributed by atoms with van der Waals surface area (Å²) in [5, 5.41) is 2.82. The van der Waals surface area contributed by atoms with Gasteiger partial charge in [-0.05, 0) is 51.2 Å². The molecule has 1 amide bonds. The van der Waals surface area contributed by atoms with Crippen LogP contribution in [-0.4, -0.2) is 37.2 Å². The third-order valence-corrected chi connectivity index (χ3v) is 4.56. The van der Waals surface area contributed by atoms with Crippen LogP contribution in [0.15, 0.2) is 35.9 Å². The Morgan fingerprint density at radius 1 is 1.27 bits per heavy atom. The molecule has 0 fully saturated rings. The number of fused-ring (bicyclic) bond motifs is 1. The topological polar surface area (TPSA) is 73.9 Å². The zero-order valence-electron chi connectivity index (χ0n) is 15.0. The van der Waals surface area contributed by atoms with Crippen molar-refractivity contribution in [3.63, 3.8) is 0 Å². The van der Waals surface area contributed by atoms with Crippen molar-refractivity contribution in [1.82, 2.24) is 5.32 Å². The number of esters is 1. The van der Waals surface area contributed by atoms with Crippen LogP contribution < -0.4 is 14.8 Å². The molecular weight excluding hydrogens is 334 g/mol. The monoisotopic (exact) mass is 359 g/mol. The van der Waals surface area contributed by atoms with E-state index in [9.17, 15) is 9.59 Å². The van der Waals surface area contributed by atoms with Gasteiger partial charge >= 0.3 is 5.97 Å². The van der Waals surface area contributed by atoms with Crippen LogP contribution in [0.4, 0.5) is 0 Å². The Labute approximate surface area is 153 Å². The molecule has 26 heavy (non-hydrogen) atoms. The van der Waals surface area contributed by atoms with E-state index >= 15 is 0 Å². The first-order valence-electron chi connectivity index (χ1n) is 9.18. The van der Waals surface area contributed by atoms with Gasteiger partial charge in [0.2, 0.25) is 6.10 Å². The summed E-state index contributed by atoms with van der Waals surface area (Å²) in [6.07, 6.45) is 6.09. The molecule has 1 aliphatic carbocycles. The first-order valence-corrected chi connectivity index (χ1v) is 9.18. The second kappa shape index (κ2) is 8.74. The molecule has 0 radical (unpaired) electrons. The van der Waals surface area contributed by atoms with Gasteiger partial charge in [-0.3, -0.25) is 4.79 Å². The number of nitrogens with one attached hydrogen (secondary N) is 1. The van der Waals surface area contributed by atoms with Gasteiger partial charge < -0.3 is 19.5 Å². The summed E-state index contributed by atoms with van der Waals surface area (Å²) in [5.41, 5.74) is 1.40. The normalized spacial score (nSPS) is 19.9. The minimum atomic E-state index is -0.872. The molecule has 0 saturated carbocycles. The molecule has 0 bridgehead atoms. The van der Waals surface area contributed by atoms with Crippen molar-refractivity contribution in [2.75, 3.05) is 13.2 Å². The van der Waals surface area contributed by atoms with Gasteiger partial charge in [-0.25, -0.2) is 4.79 Å². The molecule has 6 heteroatoms. The summed E-state index contributed by atoms with van der Waals surface area (Å²) in [6, 6.07) is 7.13. The number of para-hydroxylation sites is 2. The summed E-state index contributed by atoms with van der Waals surface area (Å²) in [5.74, 6) is 0.196. The zero-order chi connectivity index (χ0) is 18.4. The molecule has 2 aliphatic rings. The largest absolute Gasteiger partial charge is 0.485 e. The van der Waals surface area contributed by atoms with E-state index in [1.807, 2.05) is 6.07 Å². The van der Waals surface area contributed by atoms with Crippen LogP contribution in [0.1, 0.15) is 39.0 Å². The van der Waals surface area contributed by atoms with Crippen molar-refractivity contribution in [1.29, 1.82) is 0 Å². The first-order chi connectivity index (χ1) is 12.6. The van der Waals surface area contributed by atoms with Gasteiger partial charge in [0, 0.05) is 6.54 Å². The Balaban J connectivity index is 1.42. The van der Waals surface area contributed by atoms with Crippen molar-refractivity contribution in [2.45, 2.75) is 51.2 Å². The van der Waals surface area contributed by atoms with Crippen LogP contribution in [0.25, 0.3) is 0 Å². The fourth-order valence-electron chi connectivity index (χ4n) is 3.06. The lowest BCUT2D eigenvalue weighted by atomic mass is 9.97. The summed E-state index contributed by atoms with van der Waals surface area (Å²) in [6.45, 7) is 2.19. The van der Waals surface area contributed by atoms with E-state index < -0.39 is 18.2 Å². The lowest BCUT2D eigenvalue weighted by Gasteiger charge is -2.25. The van der Waals surface area contributed by atoms with Gasteiger partial charge in [0.25, 0.3) is 5.91 Å². The Morgan fingerprint density at radius 3 is 2.85 bits per heavy atom. The van der Waals surface area contributed by atoms with Gasteiger partial charge in [0.1, 0.15) is 6.61 Å². The third kappa shape index (κ3) is 4.77. The predicted molar refractivity (Wildman–Crippen MR) is 96.1 cm³/mol. The van der Waals surface area contributed by atoms with Gasteiger partial charge in [-0.15, -0.1) is 0 Å². The second-order valence-electron chi connectivity index (χ2n) is 6.59. The fraction of sp³-hybridized carbons (Fsp3) is 0.500. The maximum absolute atomic E-state index is 12.2. The number of carbonyl (C=O) groups excluding carboxylic acids is 2. The minimum absolute atomic E-state index is 0.0678. The number of rotatable bonds is 6. The van der Waals surface area contributed by atoms with E-state index in [1.165, 1.54) is 18.4 Å². The molecule has 2 atom stereocenters. The van der Waals surface area contributed by atoms with Crippen LogP contribution in [0.3, 0.4) is 0 Å². The van der Waals surface area contributed by atoms with E-state index in [-0.39, 0.29) is 12.5 Å². The molecule has 1 aromatic carbocycles. The van der Waals surface area contributed by atoms with Gasteiger partial charge in [0.05, 0.1) is 0 Å². The average Bonchev–Trinajstić information content (AvgIpc) is 2.68. The first kappa shape index (κ1) is 18.3. The Bertz CT molecular complexity index is 685. The molecule has 0 aromatic heterocycles. The smallest absolute Gasteiger partial charge is 0.351 e. The lowest BCUT2D eigenvalue weighted by molar-refractivity contribution is -0.163. The number of amides is 1. The molecule has 0 unspecified atom stereocenters. The predicted octanol–water partition coefficient (Wildman–Crippen LogP) is 2.76. The molecule has 1 aromatic rings. The number of allylic oxidation sites excluding steroid dienone is 1. The summed E-state index contributed by atoms with van der Waals surface area (Å²) in [4.78, 5) is 24.3. The van der Waals surface area contributed by atoms with E-state index in [2.05, 4.69) is 11.4 Å². The summed E-state index contributed by atoms with van der Waals surface area (Å²) >= 11 is 0. The Morgan fingerprint density at radius 2 is 2.08 bits per heavy atom. The Kier molecular flexibility index (Phi) is 6.15. The van der Waals surface area contributed by atoms with Gasteiger partial charge in [-0.2, -0.15) is 0 Å². The van der Waals surface area contributed by atoms with E-state index in [0.717, 1.165) is 19.3 Å². The highest BCUT2D eigenvalue weighted by Gasteiger charge is 2.31. The fourth-order valence-corrected chi connectivity index (χ4v) is 3.06. The SMILES string of the molecule is C[C@@H](OC(=O)[C@@H]1COc2ccccc2O1)C(=O)NCCC1=CCCCC1. The quantitative estimate of drug-likeness (QED) is 0.624. The number of hydrogen-bond donors (Lipinski definition) is 1. The third-order valence-electron chi connectivity index (χ3n) is 4.56.